The van der Waals surface area contributed by atoms with E-state index < -0.39 is 6.10 Å². The lowest BCUT2D eigenvalue weighted by Crippen LogP contribution is -2.21. The number of rotatable bonds is 5. The predicted octanol–water partition coefficient (Wildman–Crippen LogP) is 0.409. The van der Waals surface area contributed by atoms with Gasteiger partial charge in [0.1, 0.15) is 5.82 Å². The van der Waals surface area contributed by atoms with E-state index in [0.717, 1.165) is 17.1 Å². The molecule has 5 heteroatoms. The fourth-order valence-corrected chi connectivity index (χ4v) is 1.82. The van der Waals surface area contributed by atoms with E-state index in [2.05, 4.69) is 4.98 Å². The van der Waals surface area contributed by atoms with Gasteiger partial charge in [-0.15, -0.1) is 0 Å². The lowest BCUT2D eigenvalue weighted by Gasteiger charge is -2.12. The molecule has 5 nitrogen and oxygen atoms in total. The molecule has 1 heterocycles. The van der Waals surface area contributed by atoms with E-state index in [1.165, 1.54) is 0 Å². The highest BCUT2D eigenvalue weighted by molar-refractivity contribution is 5.47. The minimum absolute atomic E-state index is 0.259. The zero-order chi connectivity index (χ0) is 13.0. The SMILES string of the molecule is Nc1ccccc1Cc1nccn1CC(O)CO. The summed E-state index contributed by atoms with van der Waals surface area (Å²) >= 11 is 0. The van der Waals surface area contributed by atoms with Crippen molar-refractivity contribution in [2.75, 3.05) is 12.3 Å². The first-order valence-corrected chi connectivity index (χ1v) is 5.83. The van der Waals surface area contributed by atoms with Gasteiger partial charge in [0.05, 0.1) is 19.3 Å². The van der Waals surface area contributed by atoms with E-state index in [0.29, 0.717) is 13.0 Å². The van der Waals surface area contributed by atoms with Gasteiger partial charge in [-0.1, -0.05) is 18.2 Å². The quantitative estimate of drug-likeness (QED) is 0.668. The summed E-state index contributed by atoms with van der Waals surface area (Å²) in [5.41, 5.74) is 7.62. The van der Waals surface area contributed by atoms with Crippen LogP contribution in [0.1, 0.15) is 11.4 Å². The lowest BCUT2D eigenvalue weighted by atomic mass is 10.1. The number of hydrogen-bond acceptors (Lipinski definition) is 4. The number of imidazole rings is 1. The van der Waals surface area contributed by atoms with Crippen molar-refractivity contribution in [3.63, 3.8) is 0 Å². The number of anilines is 1. The maximum Gasteiger partial charge on any atom is 0.113 e. The van der Waals surface area contributed by atoms with Gasteiger partial charge in [0.2, 0.25) is 0 Å². The van der Waals surface area contributed by atoms with E-state index in [1.807, 2.05) is 28.8 Å². The Bertz CT molecular complexity index is 510. The third-order valence-electron chi connectivity index (χ3n) is 2.82. The molecule has 1 atom stereocenters. The van der Waals surface area contributed by atoms with E-state index in [1.54, 1.807) is 12.4 Å². The molecule has 4 N–H and O–H groups in total. The number of hydrogen-bond donors (Lipinski definition) is 3. The molecule has 0 spiro atoms. The van der Waals surface area contributed by atoms with Crippen LogP contribution in [0.5, 0.6) is 0 Å². The average molecular weight is 247 g/mol. The van der Waals surface area contributed by atoms with Crippen LogP contribution in [-0.2, 0) is 13.0 Å². The van der Waals surface area contributed by atoms with Gasteiger partial charge in [0.15, 0.2) is 0 Å². The average Bonchev–Trinajstić information content (AvgIpc) is 2.79. The molecule has 0 bridgehead atoms. The molecule has 0 aliphatic carbocycles. The molecule has 2 rings (SSSR count). The van der Waals surface area contributed by atoms with Crippen molar-refractivity contribution in [1.82, 2.24) is 9.55 Å². The molecule has 0 aliphatic heterocycles. The first-order chi connectivity index (χ1) is 8.70. The number of nitrogens with two attached hydrogens (primary N) is 1. The predicted molar refractivity (Wildman–Crippen MR) is 69.0 cm³/mol. The normalized spacial score (nSPS) is 12.6. The Labute approximate surface area is 106 Å². The molecule has 1 unspecified atom stereocenters. The zero-order valence-corrected chi connectivity index (χ0v) is 10.0. The van der Waals surface area contributed by atoms with Gasteiger partial charge in [0.25, 0.3) is 0 Å². The maximum absolute atomic E-state index is 9.45. The summed E-state index contributed by atoms with van der Waals surface area (Å²) in [7, 11) is 0. The Morgan fingerprint density at radius 1 is 1.33 bits per heavy atom. The molecular formula is C13H17N3O2. The third-order valence-corrected chi connectivity index (χ3v) is 2.82. The summed E-state index contributed by atoms with van der Waals surface area (Å²) in [6.07, 6.45) is 3.30. The number of aliphatic hydroxyl groups excluding tert-OH is 2. The van der Waals surface area contributed by atoms with E-state index in [4.69, 9.17) is 10.8 Å². The number of para-hydroxylation sites is 1. The third kappa shape index (κ3) is 2.88. The van der Waals surface area contributed by atoms with E-state index >= 15 is 0 Å². The monoisotopic (exact) mass is 247 g/mol. The van der Waals surface area contributed by atoms with Crippen molar-refractivity contribution in [1.29, 1.82) is 0 Å². The number of nitrogens with zero attached hydrogens (tertiary/aromatic N) is 2. The Morgan fingerprint density at radius 3 is 2.83 bits per heavy atom. The first-order valence-electron chi connectivity index (χ1n) is 5.83. The summed E-state index contributed by atoms with van der Waals surface area (Å²) < 4.78 is 1.83. The highest BCUT2D eigenvalue weighted by atomic mass is 16.3. The second-order valence-corrected chi connectivity index (χ2v) is 4.21. The van der Waals surface area contributed by atoms with Gasteiger partial charge in [-0.25, -0.2) is 4.98 Å². The minimum atomic E-state index is -0.772. The number of nitrogen functional groups attached to an aromatic ring is 1. The van der Waals surface area contributed by atoms with E-state index in [9.17, 15) is 5.11 Å². The maximum atomic E-state index is 9.45. The molecule has 0 fully saturated rings. The summed E-state index contributed by atoms with van der Waals surface area (Å²) in [4.78, 5) is 4.25. The van der Waals surface area contributed by atoms with Crippen LogP contribution in [0, 0.1) is 0 Å². The van der Waals surface area contributed by atoms with E-state index in [-0.39, 0.29) is 6.61 Å². The molecule has 0 radical (unpaired) electrons. The Kier molecular flexibility index (Phi) is 3.96. The molecule has 18 heavy (non-hydrogen) atoms. The summed E-state index contributed by atoms with van der Waals surface area (Å²) in [6.45, 7) is 0.0731. The molecule has 0 aliphatic rings. The summed E-state index contributed by atoms with van der Waals surface area (Å²) in [5, 5.41) is 18.3. The zero-order valence-electron chi connectivity index (χ0n) is 10.0. The van der Waals surface area contributed by atoms with Crippen LogP contribution in [0.4, 0.5) is 5.69 Å². The van der Waals surface area contributed by atoms with Crippen LogP contribution in [-0.4, -0.2) is 32.5 Å². The summed E-state index contributed by atoms with van der Waals surface area (Å²) in [6, 6.07) is 7.63. The van der Waals surface area contributed by atoms with Gasteiger partial charge in [-0.3, -0.25) is 0 Å². The van der Waals surface area contributed by atoms with Gasteiger partial charge in [-0.2, -0.15) is 0 Å². The molecule has 96 valence electrons. The second-order valence-electron chi connectivity index (χ2n) is 4.21. The van der Waals surface area contributed by atoms with Gasteiger partial charge < -0.3 is 20.5 Å². The highest BCUT2D eigenvalue weighted by Crippen LogP contribution is 2.15. The van der Waals surface area contributed by atoms with Crippen molar-refractivity contribution in [3.8, 4) is 0 Å². The van der Waals surface area contributed by atoms with Crippen molar-refractivity contribution >= 4 is 5.69 Å². The molecule has 0 saturated carbocycles. The smallest absolute Gasteiger partial charge is 0.113 e. The second kappa shape index (κ2) is 5.66. The van der Waals surface area contributed by atoms with Crippen molar-refractivity contribution < 1.29 is 10.2 Å². The van der Waals surface area contributed by atoms with Crippen LogP contribution in [0.2, 0.25) is 0 Å². The molecule has 0 saturated heterocycles. The topological polar surface area (TPSA) is 84.3 Å². The van der Waals surface area contributed by atoms with Crippen LogP contribution >= 0.6 is 0 Å². The Balaban J connectivity index is 2.15. The standard InChI is InChI=1S/C13H17N3O2/c14-12-4-2-1-3-10(12)7-13-15-5-6-16(13)8-11(18)9-17/h1-6,11,17-18H,7-9,14H2. The summed E-state index contributed by atoms with van der Waals surface area (Å²) in [5.74, 6) is 0.820. The molecule has 2 aromatic rings. The molecule has 0 amide bonds. The fraction of sp³-hybridized carbons (Fsp3) is 0.308. The molecular weight excluding hydrogens is 230 g/mol. The molecule has 1 aromatic carbocycles. The Hall–Kier alpha value is -1.85. The number of aromatic nitrogens is 2. The van der Waals surface area contributed by atoms with Gasteiger partial charge in [-0.05, 0) is 11.6 Å². The van der Waals surface area contributed by atoms with Crippen LogP contribution in [0.3, 0.4) is 0 Å². The van der Waals surface area contributed by atoms with Gasteiger partial charge >= 0.3 is 0 Å². The van der Waals surface area contributed by atoms with Crippen LogP contribution in [0.15, 0.2) is 36.7 Å². The number of aliphatic hydroxyl groups is 2. The van der Waals surface area contributed by atoms with Crippen molar-refractivity contribution in [2.24, 2.45) is 0 Å². The van der Waals surface area contributed by atoms with Crippen molar-refractivity contribution in [3.05, 3.63) is 48.0 Å². The molecule has 1 aromatic heterocycles. The van der Waals surface area contributed by atoms with Crippen LogP contribution in [0.25, 0.3) is 0 Å². The number of benzene rings is 1. The Morgan fingerprint density at radius 2 is 2.11 bits per heavy atom. The van der Waals surface area contributed by atoms with Crippen LogP contribution < -0.4 is 5.73 Å². The minimum Gasteiger partial charge on any atom is -0.398 e. The van der Waals surface area contributed by atoms with Gasteiger partial charge in [0, 0.05) is 24.5 Å². The fourth-order valence-electron chi connectivity index (χ4n) is 1.82. The van der Waals surface area contributed by atoms with Crippen molar-refractivity contribution in [2.45, 2.75) is 19.1 Å². The lowest BCUT2D eigenvalue weighted by molar-refractivity contribution is 0.0806. The first kappa shape index (κ1) is 12.6. The largest absolute Gasteiger partial charge is 0.398 e. The highest BCUT2D eigenvalue weighted by Gasteiger charge is 2.09.